The van der Waals surface area contributed by atoms with E-state index in [9.17, 15) is 9.59 Å². The maximum Gasteiger partial charge on any atom is 0.254 e. The summed E-state index contributed by atoms with van der Waals surface area (Å²) in [5, 5.41) is 5.40. The quantitative estimate of drug-likeness (QED) is 0.581. The molecular weight excluding hydrogens is 418 g/mol. The highest BCUT2D eigenvalue weighted by Gasteiger charge is 2.44. The second-order valence-electron chi connectivity index (χ2n) is 7.73. The summed E-state index contributed by atoms with van der Waals surface area (Å²) in [5.41, 5.74) is 1.32. The Labute approximate surface area is 184 Å². The van der Waals surface area contributed by atoms with E-state index in [-0.39, 0.29) is 23.8 Å². The highest BCUT2D eigenvalue weighted by Crippen LogP contribution is 2.44. The lowest BCUT2D eigenvalue weighted by atomic mass is 9.81. The molecule has 1 N–H and O–H groups in total. The fraction of sp³-hybridized carbons (Fsp3) is 0.261. The summed E-state index contributed by atoms with van der Waals surface area (Å²) in [6, 6.07) is 14.3. The number of hydrogen-bond acceptors (Lipinski definition) is 4. The van der Waals surface area contributed by atoms with Crippen LogP contribution in [0, 0.1) is 5.92 Å². The Morgan fingerprint density at radius 2 is 2.00 bits per heavy atom. The fourth-order valence-corrected chi connectivity index (χ4v) is 4.89. The molecule has 0 spiro atoms. The number of hydrogen-bond donors (Lipinski definition) is 1. The van der Waals surface area contributed by atoms with Crippen LogP contribution in [0.2, 0.25) is 5.02 Å². The minimum absolute atomic E-state index is 0.0358. The molecule has 2 aromatic heterocycles. The SMILES string of the molecule is CC(C)CN1C(=O)c2ccccc2C(C(=O)Nc2ccc(Cl)cn2)C1c1cccs1. The first-order valence-corrected chi connectivity index (χ1v) is 11.1. The fourth-order valence-electron chi connectivity index (χ4n) is 3.90. The molecule has 154 valence electrons. The number of nitrogens with one attached hydrogen (secondary N) is 1. The van der Waals surface area contributed by atoms with Gasteiger partial charge in [-0.3, -0.25) is 9.59 Å². The first-order valence-electron chi connectivity index (χ1n) is 9.81. The molecule has 1 aliphatic rings. The maximum atomic E-state index is 13.5. The van der Waals surface area contributed by atoms with Crippen LogP contribution in [0.5, 0.6) is 0 Å². The second-order valence-corrected chi connectivity index (χ2v) is 9.14. The molecule has 0 saturated carbocycles. The molecule has 0 bridgehead atoms. The second kappa shape index (κ2) is 8.58. The smallest absolute Gasteiger partial charge is 0.254 e. The van der Waals surface area contributed by atoms with Gasteiger partial charge in [0, 0.05) is 23.2 Å². The Hall–Kier alpha value is -2.70. The number of aromatic nitrogens is 1. The summed E-state index contributed by atoms with van der Waals surface area (Å²) in [7, 11) is 0. The molecule has 4 rings (SSSR count). The Morgan fingerprint density at radius 1 is 1.20 bits per heavy atom. The van der Waals surface area contributed by atoms with Gasteiger partial charge in [0.2, 0.25) is 5.91 Å². The van der Waals surface area contributed by atoms with Crippen LogP contribution in [0.4, 0.5) is 5.82 Å². The normalized spacial score (nSPS) is 18.4. The van der Waals surface area contributed by atoms with Crippen molar-refractivity contribution in [2.75, 3.05) is 11.9 Å². The van der Waals surface area contributed by atoms with Crippen LogP contribution in [0.3, 0.4) is 0 Å². The number of nitrogens with zero attached hydrogens (tertiary/aromatic N) is 2. The zero-order valence-electron chi connectivity index (χ0n) is 16.7. The molecule has 2 amide bonds. The van der Waals surface area contributed by atoms with E-state index >= 15 is 0 Å². The molecule has 3 heterocycles. The molecular formula is C23H22ClN3O2S. The third kappa shape index (κ3) is 3.98. The van der Waals surface area contributed by atoms with Gasteiger partial charge in [-0.2, -0.15) is 0 Å². The van der Waals surface area contributed by atoms with Crippen molar-refractivity contribution in [3.63, 3.8) is 0 Å². The van der Waals surface area contributed by atoms with E-state index in [0.717, 1.165) is 10.4 Å². The predicted octanol–water partition coefficient (Wildman–Crippen LogP) is 5.37. The van der Waals surface area contributed by atoms with Crippen molar-refractivity contribution in [1.82, 2.24) is 9.88 Å². The number of anilines is 1. The van der Waals surface area contributed by atoms with Crippen molar-refractivity contribution in [2.24, 2.45) is 5.92 Å². The van der Waals surface area contributed by atoms with Crippen LogP contribution in [-0.2, 0) is 4.79 Å². The maximum absolute atomic E-state index is 13.5. The summed E-state index contributed by atoms with van der Waals surface area (Å²) in [5.74, 6) is -0.0838. The average Bonchev–Trinajstić information content (AvgIpc) is 3.25. The summed E-state index contributed by atoms with van der Waals surface area (Å²) in [6.45, 7) is 4.72. The number of benzene rings is 1. The van der Waals surface area contributed by atoms with Crippen molar-refractivity contribution in [2.45, 2.75) is 25.8 Å². The van der Waals surface area contributed by atoms with Gasteiger partial charge in [-0.15, -0.1) is 11.3 Å². The average molecular weight is 440 g/mol. The van der Waals surface area contributed by atoms with Gasteiger partial charge in [0.15, 0.2) is 0 Å². The Bertz CT molecular complexity index is 1050. The van der Waals surface area contributed by atoms with E-state index in [0.29, 0.717) is 22.9 Å². The van der Waals surface area contributed by atoms with Crippen LogP contribution in [-0.4, -0.2) is 28.2 Å². The molecule has 5 nitrogen and oxygen atoms in total. The lowest BCUT2D eigenvalue weighted by Crippen LogP contribution is -2.47. The molecule has 1 aromatic carbocycles. The Morgan fingerprint density at radius 3 is 2.67 bits per heavy atom. The number of rotatable bonds is 5. The van der Waals surface area contributed by atoms with E-state index in [1.807, 2.05) is 40.6 Å². The van der Waals surface area contributed by atoms with Gasteiger partial charge < -0.3 is 10.2 Å². The number of pyridine rings is 1. The molecule has 0 radical (unpaired) electrons. The minimum Gasteiger partial charge on any atom is -0.329 e. The van der Waals surface area contributed by atoms with Crippen LogP contribution in [0.1, 0.15) is 46.6 Å². The summed E-state index contributed by atoms with van der Waals surface area (Å²) in [4.78, 5) is 34.0. The molecule has 30 heavy (non-hydrogen) atoms. The zero-order valence-corrected chi connectivity index (χ0v) is 18.3. The first-order chi connectivity index (χ1) is 14.5. The topological polar surface area (TPSA) is 62.3 Å². The van der Waals surface area contributed by atoms with Crippen molar-refractivity contribution in [1.29, 1.82) is 0 Å². The van der Waals surface area contributed by atoms with Gasteiger partial charge in [-0.1, -0.05) is 49.7 Å². The molecule has 7 heteroatoms. The Balaban J connectivity index is 1.80. The van der Waals surface area contributed by atoms with Gasteiger partial charge in [-0.05, 0) is 41.1 Å². The zero-order chi connectivity index (χ0) is 21.3. The summed E-state index contributed by atoms with van der Waals surface area (Å²) in [6.07, 6.45) is 1.50. The first kappa shape index (κ1) is 20.6. The van der Waals surface area contributed by atoms with E-state index < -0.39 is 5.92 Å². The number of thiophene rings is 1. The number of amides is 2. The summed E-state index contributed by atoms with van der Waals surface area (Å²) >= 11 is 7.48. The molecule has 0 fully saturated rings. The predicted molar refractivity (Wildman–Crippen MR) is 120 cm³/mol. The minimum atomic E-state index is -0.547. The molecule has 0 saturated heterocycles. The third-order valence-corrected chi connectivity index (χ3v) is 6.26. The molecule has 3 aromatic rings. The largest absolute Gasteiger partial charge is 0.329 e. The van der Waals surface area contributed by atoms with Gasteiger partial charge >= 0.3 is 0 Å². The van der Waals surface area contributed by atoms with Crippen LogP contribution >= 0.6 is 22.9 Å². The standard InChI is InChI=1S/C23H22ClN3O2S/c1-14(2)13-27-21(18-8-5-11-30-18)20(16-6-3-4-7-17(16)23(27)29)22(28)26-19-10-9-15(24)12-25-19/h3-12,14,20-21H,13H2,1-2H3,(H,25,26,28). The highest BCUT2D eigenvalue weighted by atomic mass is 35.5. The van der Waals surface area contributed by atoms with Crippen molar-refractivity contribution >= 4 is 40.6 Å². The van der Waals surface area contributed by atoms with Crippen molar-refractivity contribution < 1.29 is 9.59 Å². The Kier molecular flexibility index (Phi) is 5.88. The van der Waals surface area contributed by atoms with Crippen LogP contribution in [0.15, 0.2) is 60.1 Å². The number of carbonyl (C=O) groups excluding carboxylic acids is 2. The van der Waals surface area contributed by atoms with E-state index in [1.54, 1.807) is 29.5 Å². The van der Waals surface area contributed by atoms with E-state index in [2.05, 4.69) is 24.1 Å². The number of carbonyl (C=O) groups is 2. The molecule has 1 aliphatic heterocycles. The number of fused-ring (bicyclic) bond motifs is 1. The van der Waals surface area contributed by atoms with Gasteiger partial charge in [0.1, 0.15) is 5.82 Å². The van der Waals surface area contributed by atoms with Crippen molar-refractivity contribution in [3.8, 4) is 0 Å². The monoisotopic (exact) mass is 439 g/mol. The lowest BCUT2D eigenvalue weighted by Gasteiger charge is -2.41. The summed E-state index contributed by atoms with van der Waals surface area (Å²) < 4.78 is 0. The van der Waals surface area contributed by atoms with E-state index in [4.69, 9.17) is 11.6 Å². The highest BCUT2D eigenvalue weighted by molar-refractivity contribution is 7.10. The van der Waals surface area contributed by atoms with Crippen molar-refractivity contribution in [3.05, 3.63) is 81.1 Å². The van der Waals surface area contributed by atoms with Gasteiger partial charge in [0.25, 0.3) is 5.91 Å². The van der Waals surface area contributed by atoms with Crippen LogP contribution in [0.25, 0.3) is 0 Å². The van der Waals surface area contributed by atoms with Crippen LogP contribution < -0.4 is 5.32 Å². The van der Waals surface area contributed by atoms with Gasteiger partial charge in [-0.25, -0.2) is 4.98 Å². The molecule has 0 aliphatic carbocycles. The number of halogens is 1. The van der Waals surface area contributed by atoms with E-state index in [1.165, 1.54) is 6.20 Å². The molecule has 2 atom stereocenters. The van der Waals surface area contributed by atoms with Gasteiger partial charge in [0.05, 0.1) is 17.0 Å². The molecule has 2 unspecified atom stereocenters. The third-order valence-electron chi connectivity index (χ3n) is 5.10. The lowest BCUT2D eigenvalue weighted by molar-refractivity contribution is -0.119.